The van der Waals surface area contributed by atoms with Crippen LogP contribution in [0, 0.1) is 6.92 Å². The first kappa shape index (κ1) is 9.76. The molecule has 0 aliphatic heterocycles. The van der Waals surface area contributed by atoms with Crippen LogP contribution in [0.4, 0.5) is 0 Å². The van der Waals surface area contributed by atoms with Crippen LogP contribution in [0.5, 0.6) is 0 Å². The van der Waals surface area contributed by atoms with Gasteiger partial charge in [0.15, 0.2) is 0 Å². The Balaban J connectivity index is 2.06. The van der Waals surface area contributed by atoms with Gasteiger partial charge in [0, 0.05) is 24.2 Å². The van der Waals surface area contributed by atoms with Crippen molar-refractivity contribution < 1.29 is 5.11 Å². The third-order valence-electron chi connectivity index (χ3n) is 1.82. The van der Waals surface area contributed by atoms with Crippen molar-refractivity contribution in [1.29, 1.82) is 0 Å². The van der Waals surface area contributed by atoms with E-state index >= 15 is 0 Å². The summed E-state index contributed by atoms with van der Waals surface area (Å²) >= 11 is 3.10. The number of nitrogens with zero attached hydrogens (tertiary/aromatic N) is 2. The Morgan fingerprint density at radius 3 is 2.93 bits per heavy atom. The van der Waals surface area contributed by atoms with E-state index in [1.807, 2.05) is 12.3 Å². The number of thiazole rings is 2. The van der Waals surface area contributed by atoms with Crippen LogP contribution >= 0.6 is 22.7 Å². The van der Waals surface area contributed by atoms with Gasteiger partial charge in [0.2, 0.25) is 0 Å². The van der Waals surface area contributed by atoms with Gasteiger partial charge in [-0.25, -0.2) is 9.97 Å². The van der Waals surface area contributed by atoms with Crippen LogP contribution in [0.2, 0.25) is 0 Å². The molecular formula is C9H10N2OS2. The molecule has 0 bridgehead atoms. The van der Waals surface area contributed by atoms with Gasteiger partial charge in [0.05, 0.1) is 21.0 Å². The van der Waals surface area contributed by atoms with Crippen LogP contribution in [0.1, 0.15) is 21.0 Å². The molecule has 0 aliphatic carbocycles. The van der Waals surface area contributed by atoms with Crippen molar-refractivity contribution in [3.63, 3.8) is 0 Å². The maximum Gasteiger partial charge on any atom is 0.0961 e. The van der Waals surface area contributed by atoms with Gasteiger partial charge < -0.3 is 5.11 Å². The lowest BCUT2D eigenvalue weighted by atomic mass is 10.2. The normalized spacial score (nSPS) is 13.0. The summed E-state index contributed by atoms with van der Waals surface area (Å²) in [6.07, 6.45) is 3.61. The molecule has 0 spiro atoms. The minimum atomic E-state index is -0.465. The number of aliphatic hydroxyl groups excluding tert-OH is 1. The summed E-state index contributed by atoms with van der Waals surface area (Å²) < 4.78 is 0. The largest absolute Gasteiger partial charge is 0.387 e. The predicted molar refractivity (Wildman–Crippen MR) is 57.6 cm³/mol. The highest BCUT2D eigenvalue weighted by Crippen LogP contribution is 2.24. The van der Waals surface area contributed by atoms with E-state index in [2.05, 4.69) is 9.97 Å². The third-order valence-corrected chi connectivity index (χ3v) is 3.63. The second-order valence-electron chi connectivity index (χ2n) is 2.93. The maximum atomic E-state index is 9.84. The first-order valence-corrected chi connectivity index (χ1v) is 5.94. The summed E-state index contributed by atoms with van der Waals surface area (Å²) in [5.74, 6) is 0. The van der Waals surface area contributed by atoms with Crippen molar-refractivity contribution in [3.05, 3.63) is 32.7 Å². The summed E-state index contributed by atoms with van der Waals surface area (Å²) in [6.45, 7) is 1.93. The zero-order valence-electron chi connectivity index (χ0n) is 7.67. The van der Waals surface area contributed by atoms with Gasteiger partial charge in [-0.1, -0.05) is 0 Å². The molecule has 2 heterocycles. The number of rotatable bonds is 3. The van der Waals surface area contributed by atoms with Gasteiger partial charge >= 0.3 is 0 Å². The summed E-state index contributed by atoms with van der Waals surface area (Å²) in [7, 11) is 0. The van der Waals surface area contributed by atoms with Gasteiger partial charge in [-0.3, -0.25) is 0 Å². The Morgan fingerprint density at radius 1 is 1.50 bits per heavy atom. The minimum absolute atomic E-state index is 0.465. The van der Waals surface area contributed by atoms with E-state index in [0.29, 0.717) is 6.42 Å². The molecule has 0 fully saturated rings. The van der Waals surface area contributed by atoms with Crippen LogP contribution < -0.4 is 0 Å². The van der Waals surface area contributed by atoms with E-state index < -0.39 is 6.10 Å². The smallest absolute Gasteiger partial charge is 0.0961 e. The lowest BCUT2D eigenvalue weighted by Gasteiger charge is -2.04. The fraction of sp³-hybridized carbons (Fsp3) is 0.333. The molecule has 0 aliphatic rings. The summed E-state index contributed by atoms with van der Waals surface area (Å²) in [4.78, 5) is 9.15. The summed E-state index contributed by atoms with van der Waals surface area (Å²) in [5, 5.41) is 13.7. The summed E-state index contributed by atoms with van der Waals surface area (Å²) in [5.41, 5.74) is 0. The standard InChI is InChI=1S/C9H10N2OS2/c1-6-11-5-8(14-6)7(12)4-9-10-2-3-13-9/h2-3,5,7,12H,4H2,1H3. The second kappa shape index (κ2) is 4.16. The number of aromatic nitrogens is 2. The highest BCUT2D eigenvalue weighted by molar-refractivity contribution is 7.11. The van der Waals surface area contributed by atoms with Crippen molar-refractivity contribution in [2.75, 3.05) is 0 Å². The van der Waals surface area contributed by atoms with E-state index in [1.54, 1.807) is 23.7 Å². The molecule has 0 saturated heterocycles. The summed E-state index contributed by atoms with van der Waals surface area (Å²) in [6, 6.07) is 0. The molecule has 2 rings (SSSR count). The SMILES string of the molecule is Cc1ncc(C(O)Cc2nccs2)s1. The zero-order valence-corrected chi connectivity index (χ0v) is 9.31. The molecule has 1 unspecified atom stereocenters. The Kier molecular flexibility index (Phi) is 2.90. The quantitative estimate of drug-likeness (QED) is 0.872. The van der Waals surface area contributed by atoms with Crippen molar-refractivity contribution in [2.45, 2.75) is 19.4 Å². The molecule has 1 atom stereocenters. The van der Waals surface area contributed by atoms with Gasteiger partial charge in [0.25, 0.3) is 0 Å². The maximum absolute atomic E-state index is 9.84. The molecule has 74 valence electrons. The zero-order chi connectivity index (χ0) is 9.97. The molecule has 0 saturated carbocycles. The van der Waals surface area contributed by atoms with Crippen LogP contribution in [-0.4, -0.2) is 15.1 Å². The molecule has 2 aromatic heterocycles. The molecule has 3 nitrogen and oxygen atoms in total. The van der Waals surface area contributed by atoms with Crippen LogP contribution in [0.3, 0.4) is 0 Å². The Morgan fingerprint density at radius 2 is 2.36 bits per heavy atom. The molecule has 0 amide bonds. The first-order chi connectivity index (χ1) is 6.75. The van der Waals surface area contributed by atoms with E-state index in [0.717, 1.165) is 14.9 Å². The number of hydrogen-bond acceptors (Lipinski definition) is 5. The highest BCUT2D eigenvalue weighted by Gasteiger charge is 2.12. The van der Waals surface area contributed by atoms with E-state index in [4.69, 9.17) is 0 Å². The van der Waals surface area contributed by atoms with Gasteiger partial charge in [-0.15, -0.1) is 22.7 Å². The average Bonchev–Trinajstić information content (AvgIpc) is 2.75. The Bertz CT molecular complexity index is 397. The molecular weight excluding hydrogens is 216 g/mol. The highest BCUT2D eigenvalue weighted by atomic mass is 32.1. The monoisotopic (exact) mass is 226 g/mol. The van der Waals surface area contributed by atoms with Crippen molar-refractivity contribution in [3.8, 4) is 0 Å². The molecule has 0 radical (unpaired) electrons. The lowest BCUT2D eigenvalue weighted by molar-refractivity contribution is 0.182. The number of hydrogen-bond donors (Lipinski definition) is 1. The number of aliphatic hydroxyl groups is 1. The topological polar surface area (TPSA) is 46.0 Å². The Hall–Kier alpha value is -0.780. The molecule has 14 heavy (non-hydrogen) atoms. The van der Waals surface area contributed by atoms with E-state index in [1.165, 1.54) is 11.3 Å². The molecule has 2 aromatic rings. The van der Waals surface area contributed by atoms with Crippen molar-refractivity contribution >= 4 is 22.7 Å². The third kappa shape index (κ3) is 2.17. The van der Waals surface area contributed by atoms with E-state index in [-0.39, 0.29) is 0 Å². The van der Waals surface area contributed by atoms with Gasteiger partial charge in [-0.05, 0) is 6.92 Å². The van der Waals surface area contributed by atoms with Crippen molar-refractivity contribution in [1.82, 2.24) is 9.97 Å². The molecule has 0 aromatic carbocycles. The fourth-order valence-electron chi connectivity index (χ4n) is 1.15. The predicted octanol–water partition coefficient (Wildman–Crippen LogP) is 2.18. The van der Waals surface area contributed by atoms with Crippen LogP contribution in [0.15, 0.2) is 17.8 Å². The Labute approximate surface area is 90.1 Å². The molecule has 1 N–H and O–H groups in total. The first-order valence-electron chi connectivity index (χ1n) is 4.24. The van der Waals surface area contributed by atoms with Crippen LogP contribution in [0.25, 0.3) is 0 Å². The minimum Gasteiger partial charge on any atom is -0.387 e. The van der Waals surface area contributed by atoms with Crippen LogP contribution in [-0.2, 0) is 6.42 Å². The van der Waals surface area contributed by atoms with Crippen molar-refractivity contribution in [2.24, 2.45) is 0 Å². The molecule has 5 heteroatoms. The fourth-order valence-corrected chi connectivity index (χ4v) is 2.58. The van der Waals surface area contributed by atoms with Gasteiger partial charge in [0.1, 0.15) is 0 Å². The van der Waals surface area contributed by atoms with Gasteiger partial charge in [-0.2, -0.15) is 0 Å². The second-order valence-corrected chi connectivity index (χ2v) is 5.17. The van der Waals surface area contributed by atoms with E-state index in [9.17, 15) is 5.11 Å². The lowest BCUT2D eigenvalue weighted by Crippen LogP contribution is -1.98. The number of aryl methyl sites for hydroxylation is 1. The average molecular weight is 226 g/mol.